The number of ether oxygens (including phenoxy) is 1. The quantitative estimate of drug-likeness (QED) is 0.635. The van der Waals surface area contributed by atoms with Crippen LogP contribution in [0, 0.1) is 27.3 Å². The van der Waals surface area contributed by atoms with E-state index in [9.17, 15) is 14.5 Å². The Labute approximate surface area is 124 Å². The average molecular weight is 307 g/mol. The standard InChI is InChI=1S/C14H8ClFN2O3/c15-11-5-10(1-3-12(11)16)8-21-14-4-2-9(7-17)6-13(14)18(19)20/h1-6H,8H2. The number of rotatable bonds is 4. The van der Waals surface area contributed by atoms with Gasteiger partial charge in [-0.1, -0.05) is 17.7 Å². The molecule has 2 rings (SSSR count). The van der Waals surface area contributed by atoms with Gasteiger partial charge in [-0.2, -0.15) is 5.26 Å². The molecule has 0 heterocycles. The van der Waals surface area contributed by atoms with Crippen molar-refractivity contribution in [3.63, 3.8) is 0 Å². The van der Waals surface area contributed by atoms with Crippen molar-refractivity contribution in [1.29, 1.82) is 5.26 Å². The number of nitriles is 1. The Hall–Kier alpha value is -2.65. The fourth-order valence-corrected chi connectivity index (χ4v) is 1.85. The summed E-state index contributed by atoms with van der Waals surface area (Å²) in [6.45, 7) is -0.00720. The third-order valence-corrected chi connectivity index (χ3v) is 2.95. The minimum Gasteiger partial charge on any atom is -0.482 e. The number of nitro benzene ring substituents is 1. The summed E-state index contributed by atoms with van der Waals surface area (Å²) in [7, 11) is 0. The van der Waals surface area contributed by atoms with Crippen LogP contribution in [0.3, 0.4) is 0 Å². The van der Waals surface area contributed by atoms with Crippen molar-refractivity contribution in [2.45, 2.75) is 6.61 Å². The first-order valence-corrected chi connectivity index (χ1v) is 6.14. The molecular formula is C14H8ClFN2O3. The predicted octanol–water partition coefficient (Wildman–Crippen LogP) is 3.84. The van der Waals surface area contributed by atoms with Gasteiger partial charge in [-0.15, -0.1) is 0 Å². The predicted molar refractivity (Wildman–Crippen MR) is 73.6 cm³/mol. The molecule has 0 atom stereocenters. The highest BCUT2D eigenvalue weighted by Gasteiger charge is 2.16. The molecule has 106 valence electrons. The van der Waals surface area contributed by atoms with E-state index in [1.165, 1.54) is 30.3 Å². The number of nitrogens with zero attached hydrogens (tertiary/aromatic N) is 2. The zero-order chi connectivity index (χ0) is 15.4. The van der Waals surface area contributed by atoms with Gasteiger partial charge in [-0.05, 0) is 29.8 Å². The highest BCUT2D eigenvalue weighted by Crippen LogP contribution is 2.28. The van der Waals surface area contributed by atoms with Crippen molar-refractivity contribution >= 4 is 17.3 Å². The Balaban J connectivity index is 2.21. The summed E-state index contributed by atoms with van der Waals surface area (Å²) in [5.74, 6) is -0.524. The smallest absolute Gasteiger partial charge is 0.312 e. The minimum absolute atomic E-state index is 0.00720. The van der Waals surface area contributed by atoms with Crippen molar-refractivity contribution in [2.75, 3.05) is 0 Å². The Morgan fingerprint density at radius 3 is 2.71 bits per heavy atom. The minimum atomic E-state index is -0.631. The lowest BCUT2D eigenvalue weighted by atomic mass is 10.2. The summed E-state index contributed by atoms with van der Waals surface area (Å²) in [4.78, 5) is 10.3. The number of halogens is 2. The molecule has 2 aromatic rings. The third-order valence-electron chi connectivity index (χ3n) is 2.66. The molecule has 0 fully saturated rings. The molecule has 0 aliphatic carbocycles. The molecule has 0 radical (unpaired) electrons. The van der Waals surface area contributed by atoms with E-state index in [0.29, 0.717) is 5.56 Å². The fraction of sp³-hybridized carbons (Fsp3) is 0.0714. The molecule has 5 nitrogen and oxygen atoms in total. The lowest BCUT2D eigenvalue weighted by Crippen LogP contribution is -2.00. The maximum Gasteiger partial charge on any atom is 0.312 e. The Morgan fingerprint density at radius 1 is 1.33 bits per heavy atom. The maximum atomic E-state index is 13.0. The first-order chi connectivity index (χ1) is 10.0. The molecule has 0 aliphatic rings. The highest BCUT2D eigenvalue weighted by atomic mass is 35.5. The molecule has 0 N–H and O–H groups in total. The normalized spacial score (nSPS) is 9.95. The SMILES string of the molecule is N#Cc1ccc(OCc2ccc(F)c(Cl)c2)c([N+](=O)[O-])c1. The van der Waals surface area contributed by atoms with Crippen LogP contribution in [0.5, 0.6) is 5.75 Å². The molecule has 0 saturated heterocycles. The highest BCUT2D eigenvalue weighted by molar-refractivity contribution is 6.30. The number of hydrogen-bond acceptors (Lipinski definition) is 4. The second kappa shape index (κ2) is 6.20. The van der Waals surface area contributed by atoms with Gasteiger partial charge in [0.2, 0.25) is 0 Å². The van der Waals surface area contributed by atoms with Gasteiger partial charge in [0.15, 0.2) is 5.75 Å². The van der Waals surface area contributed by atoms with Gasteiger partial charge < -0.3 is 4.74 Å². The molecule has 2 aromatic carbocycles. The molecule has 0 amide bonds. The van der Waals surface area contributed by atoms with Gasteiger partial charge in [0.1, 0.15) is 12.4 Å². The molecule has 0 bridgehead atoms. The van der Waals surface area contributed by atoms with E-state index in [4.69, 9.17) is 21.6 Å². The molecule has 0 aliphatic heterocycles. The molecule has 0 aromatic heterocycles. The summed E-state index contributed by atoms with van der Waals surface area (Å²) < 4.78 is 18.4. The van der Waals surface area contributed by atoms with Crippen LogP contribution in [-0.2, 0) is 6.61 Å². The van der Waals surface area contributed by atoms with E-state index in [2.05, 4.69) is 0 Å². The number of hydrogen-bond donors (Lipinski definition) is 0. The summed E-state index contributed by atoms with van der Waals surface area (Å²) in [5, 5.41) is 19.6. The van der Waals surface area contributed by atoms with Gasteiger partial charge in [-0.25, -0.2) is 4.39 Å². The lowest BCUT2D eigenvalue weighted by molar-refractivity contribution is -0.386. The zero-order valence-electron chi connectivity index (χ0n) is 10.5. The van der Waals surface area contributed by atoms with Gasteiger partial charge in [0.25, 0.3) is 0 Å². The summed E-state index contributed by atoms with van der Waals surface area (Å²) >= 11 is 5.64. The molecular weight excluding hydrogens is 299 g/mol. The summed E-state index contributed by atoms with van der Waals surface area (Å²) in [6, 6.07) is 9.75. The molecule has 7 heteroatoms. The van der Waals surface area contributed by atoms with Crippen LogP contribution in [0.4, 0.5) is 10.1 Å². The largest absolute Gasteiger partial charge is 0.482 e. The average Bonchev–Trinajstić information content (AvgIpc) is 2.48. The van der Waals surface area contributed by atoms with Crippen molar-refractivity contribution in [1.82, 2.24) is 0 Å². The molecule has 0 spiro atoms. The van der Waals surface area contributed by atoms with E-state index in [1.807, 2.05) is 6.07 Å². The van der Waals surface area contributed by atoms with Crippen LogP contribution in [0.2, 0.25) is 5.02 Å². The second-order valence-electron chi connectivity index (χ2n) is 4.09. The topological polar surface area (TPSA) is 76.2 Å². The van der Waals surface area contributed by atoms with Gasteiger partial charge in [-0.3, -0.25) is 10.1 Å². The Kier molecular flexibility index (Phi) is 4.36. The fourth-order valence-electron chi connectivity index (χ4n) is 1.64. The molecule has 21 heavy (non-hydrogen) atoms. The van der Waals surface area contributed by atoms with Crippen LogP contribution in [0.25, 0.3) is 0 Å². The van der Waals surface area contributed by atoms with Gasteiger partial charge in [0.05, 0.1) is 21.6 Å². The van der Waals surface area contributed by atoms with Gasteiger partial charge in [0, 0.05) is 6.07 Å². The van der Waals surface area contributed by atoms with E-state index >= 15 is 0 Å². The van der Waals surface area contributed by atoms with Crippen molar-refractivity contribution in [3.05, 3.63) is 68.5 Å². The second-order valence-corrected chi connectivity index (χ2v) is 4.50. The number of benzene rings is 2. The van der Waals surface area contributed by atoms with Crippen LogP contribution < -0.4 is 4.74 Å². The van der Waals surface area contributed by atoms with Crippen LogP contribution >= 0.6 is 11.6 Å². The van der Waals surface area contributed by atoms with E-state index in [1.54, 1.807) is 0 Å². The maximum absolute atomic E-state index is 13.0. The van der Waals surface area contributed by atoms with Gasteiger partial charge >= 0.3 is 5.69 Å². The lowest BCUT2D eigenvalue weighted by Gasteiger charge is -2.07. The van der Waals surface area contributed by atoms with Crippen molar-refractivity contribution < 1.29 is 14.1 Å². The van der Waals surface area contributed by atoms with Crippen LogP contribution in [0.1, 0.15) is 11.1 Å². The first kappa shape index (κ1) is 14.8. The molecule has 0 unspecified atom stereocenters. The Bertz CT molecular complexity index is 743. The zero-order valence-corrected chi connectivity index (χ0v) is 11.3. The van der Waals surface area contributed by atoms with Crippen molar-refractivity contribution in [3.8, 4) is 11.8 Å². The monoisotopic (exact) mass is 306 g/mol. The van der Waals surface area contributed by atoms with E-state index in [0.717, 1.165) is 6.07 Å². The third kappa shape index (κ3) is 3.46. The van der Waals surface area contributed by atoms with Crippen molar-refractivity contribution in [2.24, 2.45) is 0 Å². The first-order valence-electron chi connectivity index (χ1n) is 5.76. The van der Waals surface area contributed by atoms with Crippen LogP contribution in [0.15, 0.2) is 36.4 Å². The Morgan fingerprint density at radius 2 is 2.10 bits per heavy atom. The number of nitro groups is 1. The summed E-state index contributed by atoms with van der Waals surface area (Å²) in [5.41, 5.74) is 0.432. The van der Waals surface area contributed by atoms with E-state index < -0.39 is 10.7 Å². The molecule has 0 saturated carbocycles. The van der Waals surface area contributed by atoms with Crippen LogP contribution in [-0.4, -0.2) is 4.92 Å². The summed E-state index contributed by atoms with van der Waals surface area (Å²) in [6.07, 6.45) is 0. The van der Waals surface area contributed by atoms with E-state index in [-0.39, 0.29) is 28.6 Å².